The van der Waals surface area contributed by atoms with Crippen LogP contribution >= 0.6 is 40.2 Å². The van der Waals surface area contributed by atoms with Gasteiger partial charge in [0.1, 0.15) is 12.4 Å². The average molecular weight is 417 g/mol. The third kappa shape index (κ3) is 3.74. The van der Waals surface area contributed by atoms with Gasteiger partial charge in [-0.25, -0.2) is 0 Å². The van der Waals surface area contributed by atoms with Crippen LogP contribution in [-0.4, -0.2) is 15.7 Å². The van der Waals surface area contributed by atoms with Gasteiger partial charge in [0.2, 0.25) is 5.62 Å². The van der Waals surface area contributed by atoms with Crippen LogP contribution < -0.4 is 10.4 Å². The highest BCUT2D eigenvalue weighted by Gasteiger charge is 2.08. The normalized spacial score (nSPS) is 10.6. The van der Waals surface area contributed by atoms with Crippen molar-refractivity contribution >= 4 is 51.2 Å². The Kier molecular flexibility index (Phi) is 5.79. The van der Waals surface area contributed by atoms with Crippen LogP contribution in [0.15, 0.2) is 42.5 Å². The zero-order valence-corrected chi connectivity index (χ0v) is 15.6. The minimum atomic E-state index is 0. The summed E-state index contributed by atoms with van der Waals surface area (Å²) in [5.74, 6) is 0.759. The molecule has 3 rings (SSSR count). The Morgan fingerprint density at radius 3 is 2.35 bits per heavy atom. The van der Waals surface area contributed by atoms with E-state index >= 15 is 0 Å². The lowest BCUT2D eigenvalue weighted by atomic mass is 10.3. The van der Waals surface area contributed by atoms with Gasteiger partial charge in [-0.05, 0) is 42.5 Å². The largest absolute Gasteiger partial charge is 0.492 e. The van der Waals surface area contributed by atoms with Crippen molar-refractivity contribution in [3.8, 4) is 5.75 Å². The first-order chi connectivity index (χ1) is 10.6. The van der Waals surface area contributed by atoms with Crippen molar-refractivity contribution in [2.75, 3.05) is 6.61 Å². The second-order valence-electron chi connectivity index (χ2n) is 4.97. The molecule has 0 aliphatic heterocycles. The van der Waals surface area contributed by atoms with Crippen LogP contribution in [-0.2, 0) is 13.6 Å². The molecule has 0 amide bonds. The minimum absolute atomic E-state index is 0. The molecule has 0 saturated heterocycles. The lowest BCUT2D eigenvalue weighted by molar-refractivity contribution is 0.297. The summed E-state index contributed by atoms with van der Waals surface area (Å²) in [4.78, 5) is 0. The molecule has 0 spiro atoms. The number of hydrogen-bond donors (Lipinski definition) is 1. The molecule has 0 fully saturated rings. The number of aromatic nitrogens is 2. The van der Waals surface area contributed by atoms with E-state index in [1.165, 1.54) is 0 Å². The standard InChI is InChI=1S/C16H15Cl2N3O.BrH/c1-20-14-7-4-12(18)10-15(14)21(16(20)19)8-9-22-13-5-2-11(17)3-6-13;/h2-7,10,19H,8-9H2,1H3;1H. The number of rotatable bonds is 4. The number of fused-ring (bicyclic) bond motifs is 1. The van der Waals surface area contributed by atoms with Crippen molar-refractivity contribution in [2.45, 2.75) is 6.54 Å². The Morgan fingerprint density at radius 2 is 1.65 bits per heavy atom. The minimum Gasteiger partial charge on any atom is -0.492 e. The van der Waals surface area contributed by atoms with Crippen molar-refractivity contribution in [1.82, 2.24) is 9.13 Å². The van der Waals surface area contributed by atoms with Gasteiger partial charge in [0, 0.05) is 17.1 Å². The van der Waals surface area contributed by atoms with Crippen molar-refractivity contribution in [3.63, 3.8) is 0 Å². The van der Waals surface area contributed by atoms with Gasteiger partial charge in [-0.1, -0.05) is 23.2 Å². The van der Waals surface area contributed by atoms with Gasteiger partial charge >= 0.3 is 0 Å². The van der Waals surface area contributed by atoms with Crippen LogP contribution in [0.4, 0.5) is 0 Å². The van der Waals surface area contributed by atoms with Gasteiger partial charge in [-0.3, -0.25) is 5.41 Å². The van der Waals surface area contributed by atoms with Crippen LogP contribution in [0, 0.1) is 5.41 Å². The van der Waals surface area contributed by atoms with Crippen molar-refractivity contribution in [1.29, 1.82) is 5.41 Å². The third-order valence-electron chi connectivity index (χ3n) is 3.56. The highest BCUT2D eigenvalue weighted by atomic mass is 79.9. The maximum absolute atomic E-state index is 8.22. The molecule has 3 aromatic rings. The summed E-state index contributed by atoms with van der Waals surface area (Å²) < 4.78 is 9.42. The molecule has 0 atom stereocenters. The highest BCUT2D eigenvalue weighted by molar-refractivity contribution is 8.93. The number of imidazole rings is 1. The molecule has 0 saturated carbocycles. The molecular weight excluding hydrogens is 401 g/mol. The molecule has 4 nitrogen and oxygen atoms in total. The topological polar surface area (TPSA) is 42.9 Å². The second kappa shape index (κ2) is 7.43. The number of halogens is 3. The number of ether oxygens (including phenoxy) is 1. The second-order valence-corrected chi connectivity index (χ2v) is 5.84. The summed E-state index contributed by atoms with van der Waals surface area (Å²) in [5.41, 5.74) is 2.32. The molecule has 0 aliphatic carbocycles. The van der Waals surface area contributed by atoms with Crippen LogP contribution in [0.3, 0.4) is 0 Å². The summed E-state index contributed by atoms with van der Waals surface area (Å²) in [6, 6.07) is 12.9. The van der Waals surface area contributed by atoms with Gasteiger partial charge in [0.05, 0.1) is 17.6 Å². The lowest BCUT2D eigenvalue weighted by Crippen LogP contribution is -2.24. The predicted molar refractivity (Wildman–Crippen MR) is 99.0 cm³/mol. The van der Waals surface area contributed by atoms with E-state index in [1.807, 2.05) is 46.5 Å². The number of benzene rings is 2. The fourth-order valence-corrected chi connectivity index (χ4v) is 2.71. The van der Waals surface area contributed by atoms with E-state index in [-0.39, 0.29) is 17.0 Å². The third-order valence-corrected chi connectivity index (χ3v) is 4.05. The summed E-state index contributed by atoms with van der Waals surface area (Å²) in [7, 11) is 1.87. The summed E-state index contributed by atoms with van der Waals surface area (Å²) in [6.45, 7) is 1.03. The molecule has 0 radical (unpaired) electrons. The Hall–Kier alpha value is -1.43. The molecule has 1 heterocycles. The molecule has 23 heavy (non-hydrogen) atoms. The fourth-order valence-electron chi connectivity index (χ4n) is 2.42. The molecule has 7 heteroatoms. The monoisotopic (exact) mass is 415 g/mol. The number of nitrogens with one attached hydrogen (secondary N) is 1. The zero-order valence-electron chi connectivity index (χ0n) is 12.4. The first-order valence-electron chi connectivity index (χ1n) is 6.84. The maximum Gasteiger partial charge on any atom is 0.202 e. The molecule has 2 aromatic carbocycles. The fraction of sp³-hybridized carbons (Fsp3) is 0.188. The molecule has 0 aliphatic rings. The van der Waals surface area contributed by atoms with Crippen LogP contribution in [0.2, 0.25) is 10.0 Å². The molecule has 1 aromatic heterocycles. The summed E-state index contributed by atoms with van der Waals surface area (Å²) in [5, 5.41) is 9.55. The van der Waals surface area contributed by atoms with E-state index < -0.39 is 0 Å². The zero-order chi connectivity index (χ0) is 15.7. The number of aryl methyl sites for hydroxylation is 1. The Morgan fingerprint density at radius 1 is 1.00 bits per heavy atom. The predicted octanol–water partition coefficient (Wildman–Crippen LogP) is 4.42. The quantitative estimate of drug-likeness (QED) is 0.671. The average Bonchev–Trinajstić information content (AvgIpc) is 2.73. The first-order valence-corrected chi connectivity index (χ1v) is 7.59. The Labute approximate surface area is 154 Å². The van der Waals surface area contributed by atoms with Crippen LogP contribution in [0.1, 0.15) is 0 Å². The smallest absolute Gasteiger partial charge is 0.202 e. The highest BCUT2D eigenvalue weighted by Crippen LogP contribution is 2.19. The number of hydrogen-bond acceptors (Lipinski definition) is 2. The van der Waals surface area contributed by atoms with Crippen molar-refractivity contribution in [3.05, 3.63) is 58.1 Å². The van der Waals surface area contributed by atoms with E-state index in [1.54, 1.807) is 12.1 Å². The molecule has 1 N–H and O–H groups in total. The molecule has 0 unspecified atom stereocenters. The SMILES string of the molecule is Br.Cn1c(=N)n(CCOc2ccc(Cl)cc2)c2cc(Cl)ccc21. The molecule has 122 valence electrons. The Balaban J connectivity index is 0.00000192. The molecular formula is C16H16BrCl2N3O. The van der Waals surface area contributed by atoms with E-state index in [9.17, 15) is 0 Å². The molecule has 0 bridgehead atoms. The van der Waals surface area contributed by atoms with Gasteiger partial charge in [-0.15, -0.1) is 17.0 Å². The van der Waals surface area contributed by atoms with E-state index in [0.717, 1.165) is 16.8 Å². The van der Waals surface area contributed by atoms with Crippen molar-refractivity contribution in [2.24, 2.45) is 7.05 Å². The summed E-state index contributed by atoms with van der Waals surface area (Å²) in [6.07, 6.45) is 0. The summed E-state index contributed by atoms with van der Waals surface area (Å²) >= 11 is 11.9. The van der Waals surface area contributed by atoms with Gasteiger partial charge < -0.3 is 13.9 Å². The van der Waals surface area contributed by atoms with Crippen molar-refractivity contribution < 1.29 is 4.74 Å². The number of nitrogens with zero attached hydrogens (tertiary/aromatic N) is 2. The van der Waals surface area contributed by atoms with Gasteiger partial charge in [-0.2, -0.15) is 0 Å². The maximum atomic E-state index is 8.22. The van der Waals surface area contributed by atoms with E-state index in [4.69, 9.17) is 33.3 Å². The van der Waals surface area contributed by atoms with Crippen LogP contribution in [0.5, 0.6) is 5.75 Å². The van der Waals surface area contributed by atoms with Gasteiger partial charge in [0.25, 0.3) is 0 Å². The van der Waals surface area contributed by atoms with Crippen LogP contribution in [0.25, 0.3) is 11.0 Å². The Bertz CT molecular complexity index is 871. The van der Waals surface area contributed by atoms with Gasteiger partial charge in [0.15, 0.2) is 0 Å². The first kappa shape index (κ1) is 17.9. The van der Waals surface area contributed by atoms with E-state index in [0.29, 0.717) is 28.8 Å². The van der Waals surface area contributed by atoms with E-state index in [2.05, 4.69) is 0 Å². The lowest BCUT2D eigenvalue weighted by Gasteiger charge is -2.08.